The fourth-order valence-corrected chi connectivity index (χ4v) is 14.0. The lowest BCUT2D eigenvalue weighted by atomic mass is 9.33. The smallest absolute Gasteiger partial charge is 0.309 e. The van der Waals surface area contributed by atoms with Gasteiger partial charge in [-0.05, 0) is 123 Å². The number of ether oxygens (including phenoxy) is 1. The zero-order chi connectivity index (χ0) is 42.8. The zero-order valence-corrected chi connectivity index (χ0v) is 36.8. The van der Waals surface area contributed by atoms with Crippen LogP contribution in [0.25, 0.3) is 0 Å². The molecule has 10 heteroatoms. The average Bonchev–Trinajstić information content (AvgIpc) is 3.46. The minimum Gasteiger partial charge on any atom is -0.481 e. The summed E-state index contributed by atoms with van der Waals surface area (Å²) in [5, 5.41) is 42.1. The van der Waals surface area contributed by atoms with E-state index in [4.69, 9.17) is 4.74 Å². The quantitative estimate of drug-likeness (QED) is 0.139. The maximum Gasteiger partial charge on any atom is 0.309 e. The third kappa shape index (κ3) is 7.37. The number of rotatable bonds is 13. The molecule has 11 atom stereocenters. The van der Waals surface area contributed by atoms with E-state index in [1.165, 1.54) is 0 Å². The van der Waals surface area contributed by atoms with Crippen LogP contribution < -0.4 is 0 Å². The molecule has 6 aliphatic carbocycles. The number of carboxylic acid groups (broad SMARTS) is 1. The van der Waals surface area contributed by atoms with Crippen molar-refractivity contribution in [3.05, 3.63) is 35.5 Å². The van der Waals surface area contributed by atoms with Crippen LogP contribution in [0.4, 0.5) is 0 Å². The number of hydrogen-bond acceptors (Lipinski definition) is 8. The highest BCUT2D eigenvalue weighted by molar-refractivity contribution is 6.00. The molecule has 4 fully saturated rings. The van der Waals surface area contributed by atoms with E-state index in [2.05, 4.69) is 60.6 Å². The third-order valence-electron chi connectivity index (χ3n) is 17.4. The van der Waals surface area contributed by atoms with Gasteiger partial charge in [0.25, 0.3) is 0 Å². The van der Waals surface area contributed by atoms with Crippen molar-refractivity contribution in [3.8, 4) is 0 Å². The van der Waals surface area contributed by atoms with Gasteiger partial charge in [-0.1, -0.05) is 78.3 Å². The lowest BCUT2D eigenvalue weighted by Gasteiger charge is -2.72. The van der Waals surface area contributed by atoms with Gasteiger partial charge in [-0.2, -0.15) is 0 Å². The first kappa shape index (κ1) is 44.7. The Hall–Kier alpha value is -2.82. The van der Waals surface area contributed by atoms with Gasteiger partial charge in [0.1, 0.15) is 6.10 Å². The van der Waals surface area contributed by atoms with E-state index in [0.717, 1.165) is 62.5 Å². The molecule has 10 nitrogen and oxygen atoms in total. The summed E-state index contributed by atoms with van der Waals surface area (Å²) in [6.45, 7) is 19.2. The first-order valence-electron chi connectivity index (χ1n) is 22.3. The van der Waals surface area contributed by atoms with E-state index in [1.54, 1.807) is 18.7 Å². The van der Waals surface area contributed by atoms with Gasteiger partial charge in [0.15, 0.2) is 5.78 Å². The second-order valence-electron chi connectivity index (χ2n) is 21.7. The number of nitrogens with zero attached hydrogens (tertiary/aromatic N) is 1. The lowest BCUT2D eigenvalue weighted by molar-refractivity contribution is -0.235. The first-order valence-corrected chi connectivity index (χ1v) is 22.3. The Balaban J connectivity index is 1.29. The van der Waals surface area contributed by atoms with E-state index in [-0.39, 0.29) is 83.0 Å². The number of carbonyl (C=O) groups is 4. The summed E-state index contributed by atoms with van der Waals surface area (Å²) >= 11 is 0. The van der Waals surface area contributed by atoms with Gasteiger partial charge in [0.05, 0.1) is 37.1 Å². The number of hydrogen-bond donors (Lipinski definition) is 4. The molecule has 0 saturated heterocycles. The summed E-state index contributed by atoms with van der Waals surface area (Å²) in [6.07, 6.45) is 13.3. The van der Waals surface area contributed by atoms with Crippen LogP contribution in [0.3, 0.4) is 0 Å². The molecule has 4 saturated carbocycles. The molecule has 0 aromatic rings. The highest BCUT2D eigenvalue weighted by atomic mass is 16.5. The van der Waals surface area contributed by atoms with Crippen molar-refractivity contribution >= 4 is 23.6 Å². The van der Waals surface area contributed by atoms with Gasteiger partial charge in [0.2, 0.25) is 5.91 Å². The topological polar surface area (TPSA) is 162 Å². The van der Waals surface area contributed by atoms with Gasteiger partial charge in [-0.3, -0.25) is 19.2 Å². The van der Waals surface area contributed by atoms with E-state index < -0.39 is 41.6 Å². The van der Waals surface area contributed by atoms with Crippen LogP contribution in [-0.2, 0) is 23.9 Å². The fourth-order valence-electron chi connectivity index (χ4n) is 14.0. The van der Waals surface area contributed by atoms with Crippen molar-refractivity contribution in [2.75, 3.05) is 19.7 Å². The molecule has 0 spiro atoms. The van der Waals surface area contributed by atoms with Crippen molar-refractivity contribution in [2.45, 2.75) is 158 Å². The number of carbonyl (C=O) groups excluding carboxylic acids is 3. The Morgan fingerprint density at radius 2 is 1.64 bits per heavy atom. The van der Waals surface area contributed by atoms with Crippen molar-refractivity contribution in [1.29, 1.82) is 0 Å². The molecule has 0 bridgehead atoms. The SMILES string of the molecule is CC(C)C1=C2C3CC[C@H]4C5(C)CCC(OC(=O)CC(C)(C)C(=O)O)C(C)(C)C5CC[C@@]4(C)[C@]3(C)CCC2([C@@H](O)CN(CC2C=CC=CC2)C(=O)CC(O)CO)CC1=O. The van der Waals surface area contributed by atoms with Crippen LogP contribution in [-0.4, -0.2) is 87.0 Å². The number of Topliss-reactive ketones (excluding diaryl/α,β-unsaturated/α-hetero) is 1. The molecule has 0 heterocycles. The number of allylic oxidation sites excluding steroid dienone is 4. The molecule has 58 heavy (non-hydrogen) atoms. The van der Waals surface area contributed by atoms with E-state index in [1.807, 2.05) is 12.2 Å². The van der Waals surface area contributed by atoms with Crippen LogP contribution >= 0.6 is 0 Å². The molecule has 1 amide bonds. The Kier molecular flexibility index (Phi) is 12.3. The second kappa shape index (κ2) is 15.9. The molecule has 6 aliphatic rings. The Bertz CT molecular complexity index is 1730. The van der Waals surface area contributed by atoms with Gasteiger partial charge in [0, 0.05) is 30.3 Å². The lowest BCUT2D eigenvalue weighted by Crippen LogP contribution is -2.66. The summed E-state index contributed by atoms with van der Waals surface area (Å²) in [4.78, 5) is 54.6. The van der Waals surface area contributed by atoms with Crippen LogP contribution in [0.15, 0.2) is 35.5 Å². The number of ketones is 1. The van der Waals surface area contributed by atoms with Crippen molar-refractivity contribution in [1.82, 2.24) is 4.90 Å². The minimum absolute atomic E-state index is 0.00540. The molecular weight excluding hydrogens is 735 g/mol. The highest BCUT2D eigenvalue weighted by Gasteiger charge is 2.71. The summed E-state index contributed by atoms with van der Waals surface area (Å²) in [5.74, 6) is -0.778. The molecular formula is C48H73NO9. The molecule has 0 aromatic heterocycles. The maximum atomic E-state index is 14.3. The number of amides is 1. The number of fused-ring (bicyclic) bond motifs is 7. The molecule has 324 valence electrons. The van der Waals surface area contributed by atoms with Crippen LogP contribution in [0.1, 0.15) is 139 Å². The van der Waals surface area contributed by atoms with Gasteiger partial charge in [-0.25, -0.2) is 0 Å². The maximum absolute atomic E-state index is 14.3. The number of esters is 1. The Morgan fingerprint density at radius 1 is 0.931 bits per heavy atom. The molecule has 0 radical (unpaired) electrons. The van der Waals surface area contributed by atoms with E-state index in [0.29, 0.717) is 24.8 Å². The van der Waals surface area contributed by atoms with E-state index >= 15 is 0 Å². The van der Waals surface area contributed by atoms with Gasteiger partial charge in [-0.15, -0.1) is 0 Å². The number of carboxylic acids is 1. The summed E-state index contributed by atoms with van der Waals surface area (Å²) in [7, 11) is 0. The highest BCUT2D eigenvalue weighted by Crippen LogP contribution is 2.77. The summed E-state index contributed by atoms with van der Waals surface area (Å²) < 4.78 is 6.17. The predicted molar refractivity (Wildman–Crippen MR) is 222 cm³/mol. The Morgan fingerprint density at radius 3 is 2.26 bits per heavy atom. The number of aliphatic hydroxyl groups is 3. The molecule has 7 unspecified atom stereocenters. The van der Waals surface area contributed by atoms with Gasteiger partial charge < -0.3 is 30.1 Å². The van der Waals surface area contributed by atoms with Crippen LogP contribution in [0.2, 0.25) is 0 Å². The molecule has 0 aromatic carbocycles. The number of aliphatic carboxylic acids is 1. The predicted octanol–water partition coefficient (Wildman–Crippen LogP) is 7.44. The Labute approximate surface area is 346 Å². The van der Waals surface area contributed by atoms with Crippen LogP contribution in [0.5, 0.6) is 0 Å². The monoisotopic (exact) mass is 808 g/mol. The molecule has 0 aliphatic heterocycles. The van der Waals surface area contributed by atoms with Crippen LogP contribution in [0, 0.1) is 62.1 Å². The fraction of sp³-hybridized carbons (Fsp3) is 0.792. The zero-order valence-electron chi connectivity index (χ0n) is 36.8. The summed E-state index contributed by atoms with van der Waals surface area (Å²) in [6, 6.07) is 0. The number of aliphatic hydroxyl groups excluding tert-OH is 3. The standard InChI is InChI=1S/C48H73NO9/c1-29(2)40-33(52)24-48(36(53)27-49(38(54)23-31(51)28-50)26-30-13-11-10-12-14-30)22-21-46(8)32(41(40)48)15-16-35-45(7)19-18-37(58-39(55)25-43(3,4)42(56)57)44(5,6)34(45)17-20-47(35,46)9/h10-13,29-32,34-37,50-51,53H,14-28H2,1-9H3,(H,56,57)/t30?,31?,32?,34?,35-,36-,37?,45?,46+,47+,48?/m0/s1. The minimum atomic E-state index is -1.20. The van der Waals surface area contributed by atoms with Crippen molar-refractivity contribution < 1.29 is 44.3 Å². The average molecular weight is 808 g/mol. The van der Waals surface area contributed by atoms with Crippen molar-refractivity contribution in [3.63, 3.8) is 0 Å². The van der Waals surface area contributed by atoms with E-state index in [9.17, 15) is 39.6 Å². The first-order chi connectivity index (χ1) is 27.0. The molecule has 4 N–H and O–H groups in total. The third-order valence-corrected chi connectivity index (χ3v) is 17.4. The second-order valence-corrected chi connectivity index (χ2v) is 21.7. The molecule has 6 rings (SSSR count). The normalized spacial score (nSPS) is 37.7. The van der Waals surface area contributed by atoms with Gasteiger partial charge >= 0.3 is 11.9 Å². The summed E-state index contributed by atoms with van der Waals surface area (Å²) in [5.41, 5.74) is -0.447. The largest absolute Gasteiger partial charge is 0.481 e. The van der Waals surface area contributed by atoms with Crippen molar-refractivity contribution in [2.24, 2.45) is 62.1 Å².